The molecule has 1 amide bonds. The van der Waals surface area contributed by atoms with Crippen molar-refractivity contribution in [1.29, 1.82) is 0 Å². The average Bonchev–Trinajstić information content (AvgIpc) is 3.28. The Morgan fingerprint density at radius 3 is 2.50 bits per heavy atom. The Morgan fingerprint density at radius 1 is 1.23 bits per heavy atom. The van der Waals surface area contributed by atoms with E-state index in [-0.39, 0.29) is 11.6 Å². The first-order valence-electron chi connectivity index (χ1n) is 9.59. The minimum Gasteiger partial charge on any atom is -0.493 e. The van der Waals surface area contributed by atoms with Gasteiger partial charge in [-0.05, 0) is 17.7 Å². The quantitative estimate of drug-likeness (QED) is 0.606. The second-order valence-corrected chi connectivity index (χ2v) is 7.53. The van der Waals surface area contributed by atoms with E-state index in [1.807, 2.05) is 0 Å². The summed E-state index contributed by atoms with van der Waals surface area (Å²) in [7, 11) is 4.54. The van der Waals surface area contributed by atoms with Crippen molar-refractivity contribution < 1.29 is 28.8 Å². The second-order valence-electron chi connectivity index (χ2n) is 6.64. The van der Waals surface area contributed by atoms with Gasteiger partial charge in [0.15, 0.2) is 11.5 Å². The summed E-state index contributed by atoms with van der Waals surface area (Å²) in [6.07, 6.45) is -1.03. The molecule has 164 valence electrons. The highest BCUT2D eigenvalue weighted by atomic mass is 32.1. The standard InChI is InChI=1S/C20H27N3O6S/c1-26-15-10-13(11-16(27-2)18(15)28-3)17(24)20-22-14(12-30-20)19(25)21-4-5-23-6-8-29-9-7-23/h10-12,17,24H,4-9H2,1-3H3,(H,21,25). The Morgan fingerprint density at radius 2 is 1.90 bits per heavy atom. The molecule has 1 unspecified atom stereocenters. The summed E-state index contributed by atoms with van der Waals surface area (Å²) in [6, 6.07) is 3.32. The van der Waals surface area contributed by atoms with E-state index in [1.165, 1.54) is 32.7 Å². The van der Waals surface area contributed by atoms with Gasteiger partial charge in [-0.2, -0.15) is 0 Å². The number of ether oxygens (including phenoxy) is 4. The van der Waals surface area contributed by atoms with E-state index in [9.17, 15) is 9.90 Å². The lowest BCUT2D eigenvalue weighted by Gasteiger charge is -2.26. The van der Waals surface area contributed by atoms with E-state index in [0.717, 1.165) is 32.8 Å². The summed E-state index contributed by atoms with van der Waals surface area (Å²) in [5, 5.41) is 15.7. The van der Waals surface area contributed by atoms with Crippen LogP contribution in [0.15, 0.2) is 17.5 Å². The number of aliphatic hydroxyl groups excluding tert-OH is 1. The van der Waals surface area contributed by atoms with Gasteiger partial charge in [0.2, 0.25) is 5.75 Å². The number of aromatic nitrogens is 1. The van der Waals surface area contributed by atoms with Crippen LogP contribution in [0.25, 0.3) is 0 Å². The lowest BCUT2D eigenvalue weighted by atomic mass is 10.1. The third kappa shape index (κ3) is 5.20. The number of morpholine rings is 1. The molecule has 2 heterocycles. The van der Waals surface area contributed by atoms with Crippen molar-refractivity contribution in [2.24, 2.45) is 0 Å². The van der Waals surface area contributed by atoms with Crippen LogP contribution in [0.5, 0.6) is 17.2 Å². The van der Waals surface area contributed by atoms with Crippen LogP contribution in [0.4, 0.5) is 0 Å². The SMILES string of the molecule is COc1cc(C(O)c2nc(C(=O)NCCN3CCOCC3)cs2)cc(OC)c1OC. The number of hydrogen-bond donors (Lipinski definition) is 2. The minimum absolute atomic E-state index is 0.261. The van der Waals surface area contributed by atoms with Crippen molar-refractivity contribution in [1.82, 2.24) is 15.2 Å². The average molecular weight is 438 g/mol. The predicted molar refractivity (Wildman–Crippen MR) is 112 cm³/mol. The van der Waals surface area contributed by atoms with E-state index in [4.69, 9.17) is 18.9 Å². The molecule has 0 aliphatic carbocycles. The third-order valence-electron chi connectivity index (χ3n) is 4.81. The summed E-state index contributed by atoms with van der Waals surface area (Å²) in [4.78, 5) is 19.0. The molecule has 30 heavy (non-hydrogen) atoms. The molecule has 2 aromatic rings. The van der Waals surface area contributed by atoms with Crippen molar-refractivity contribution >= 4 is 17.2 Å². The predicted octanol–water partition coefficient (Wildman–Crippen LogP) is 1.31. The van der Waals surface area contributed by atoms with Gasteiger partial charge in [-0.1, -0.05) is 0 Å². The van der Waals surface area contributed by atoms with Gasteiger partial charge in [0.1, 0.15) is 16.8 Å². The topological polar surface area (TPSA) is 102 Å². The van der Waals surface area contributed by atoms with Gasteiger partial charge in [0.25, 0.3) is 5.91 Å². The fraction of sp³-hybridized carbons (Fsp3) is 0.500. The Kier molecular flexibility index (Phi) is 7.86. The van der Waals surface area contributed by atoms with Crippen molar-refractivity contribution in [3.05, 3.63) is 33.8 Å². The van der Waals surface area contributed by atoms with Crippen molar-refractivity contribution in [3.8, 4) is 17.2 Å². The highest BCUT2D eigenvalue weighted by molar-refractivity contribution is 7.09. The smallest absolute Gasteiger partial charge is 0.270 e. The maximum Gasteiger partial charge on any atom is 0.270 e. The molecule has 3 rings (SSSR count). The van der Waals surface area contributed by atoms with Crippen LogP contribution in [-0.2, 0) is 4.74 Å². The van der Waals surface area contributed by atoms with Crippen LogP contribution < -0.4 is 19.5 Å². The number of aliphatic hydroxyl groups is 1. The Bertz CT molecular complexity index is 828. The number of methoxy groups -OCH3 is 3. The van der Waals surface area contributed by atoms with Gasteiger partial charge in [-0.15, -0.1) is 11.3 Å². The molecule has 2 N–H and O–H groups in total. The van der Waals surface area contributed by atoms with Crippen LogP contribution in [-0.4, -0.2) is 81.6 Å². The Hall–Kier alpha value is -2.40. The van der Waals surface area contributed by atoms with Crippen molar-refractivity contribution in [3.63, 3.8) is 0 Å². The number of hydrogen-bond acceptors (Lipinski definition) is 9. The zero-order valence-corrected chi connectivity index (χ0v) is 18.2. The van der Waals surface area contributed by atoms with Gasteiger partial charge in [-0.25, -0.2) is 4.98 Å². The number of nitrogens with one attached hydrogen (secondary N) is 1. The highest BCUT2D eigenvalue weighted by Crippen LogP contribution is 2.41. The van der Waals surface area contributed by atoms with E-state index in [0.29, 0.717) is 34.4 Å². The molecule has 0 bridgehead atoms. The maximum absolute atomic E-state index is 12.4. The van der Waals surface area contributed by atoms with Gasteiger partial charge in [0.05, 0.1) is 34.5 Å². The van der Waals surface area contributed by atoms with Gasteiger partial charge >= 0.3 is 0 Å². The van der Waals surface area contributed by atoms with Crippen LogP contribution in [0, 0.1) is 0 Å². The van der Waals surface area contributed by atoms with E-state index in [1.54, 1.807) is 17.5 Å². The second kappa shape index (κ2) is 10.6. The lowest BCUT2D eigenvalue weighted by Crippen LogP contribution is -2.41. The van der Waals surface area contributed by atoms with Gasteiger partial charge in [-0.3, -0.25) is 9.69 Å². The van der Waals surface area contributed by atoms with Crippen molar-refractivity contribution in [2.45, 2.75) is 6.10 Å². The van der Waals surface area contributed by atoms with E-state index >= 15 is 0 Å². The number of rotatable bonds is 9. The molecule has 0 radical (unpaired) electrons. The molecule has 1 aromatic carbocycles. The number of amides is 1. The molecule has 1 fully saturated rings. The molecule has 1 aliphatic rings. The first kappa shape index (κ1) is 22.3. The Balaban J connectivity index is 1.65. The largest absolute Gasteiger partial charge is 0.493 e. The molecule has 9 nitrogen and oxygen atoms in total. The number of nitrogens with zero attached hydrogens (tertiary/aromatic N) is 2. The molecule has 0 spiro atoms. The van der Waals surface area contributed by atoms with Gasteiger partial charge < -0.3 is 29.4 Å². The number of benzene rings is 1. The molecule has 1 atom stereocenters. The van der Waals surface area contributed by atoms with Crippen LogP contribution in [0.3, 0.4) is 0 Å². The zero-order valence-electron chi connectivity index (χ0n) is 17.3. The summed E-state index contributed by atoms with van der Waals surface area (Å²) < 4.78 is 21.3. The van der Waals surface area contributed by atoms with Crippen molar-refractivity contribution in [2.75, 3.05) is 60.7 Å². The first-order chi connectivity index (χ1) is 14.6. The third-order valence-corrected chi connectivity index (χ3v) is 5.71. The number of thiazole rings is 1. The number of carbonyl (C=O) groups excluding carboxylic acids is 1. The fourth-order valence-electron chi connectivity index (χ4n) is 3.16. The zero-order chi connectivity index (χ0) is 21.5. The summed E-state index contributed by atoms with van der Waals surface area (Å²) in [5.74, 6) is 1.05. The van der Waals surface area contributed by atoms with Crippen LogP contribution in [0.2, 0.25) is 0 Å². The summed E-state index contributed by atoms with van der Waals surface area (Å²) >= 11 is 1.22. The maximum atomic E-state index is 12.4. The molecular weight excluding hydrogens is 410 g/mol. The summed E-state index contributed by atoms with van der Waals surface area (Å²) in [5.41, 5.74) is 0.807. The van der Waals surface area contributed by atoms with Gasteiger partial charge in [0, 0.05) is 31.6 Å². The van der Waals surface area contributed by atoms with Crippen LogP contribution >= 0.6 is 11.3 Å². The van der Waals surface area contributed by atoms with E-state index < -0.39 is 6.10 Å². The summed E-state index contributed by atoms with van der Waals surface area (Å²) in [6.45, 7) is 4.49. The Labute approximate surface area is 179 Å². The molecule has 1 aliphatic heterocycles. The molecule has 1 aromatic heterocycles. The normalized spacial score (nSPS) is 15.5. The van der Waals surface area contributed by atoms with E-state index in [2.05, 4.69) is 15.2 Å². The monoisotopic (exact) mass is 437 g/mol. The molecule has 10 heteroatoms. The fourth-order valence-corrected chi connectivity index (χ4v) is 3.97. The van der Waals surface area contributed by atoms with Crippen LogP contribution in [0.1, 0.15) is 27.2 Å². The highest BCUT2D eigenvalue weighted by Gasteiger charge is 2.22. The lowest BCUT2D eigenvalue weighted by molar-refractivity contribution is 0.0383. The molecule has 1 saturated heterocycles. The molecule has 0 saturated carbocycles. The first-order valence-corrected chi connectivity index (χ1v) is 10.5. The number of carbonyl (C=O) groups is 1. The minimum atomic E-state index is -1.03. The molecular formula is C20H27N3O6S.